The van der Waals surface area contributed by atoms with E-state index in [0.29, 0.717) is 0 Å². The molecule has 0 aliphatic carbocycles. The highest BCUT2D eigenvalue weighted by molar-refractivity contribution is 5.99. The fourth-order valence-corrected chi connectivity index (χ4v) is 3.41. The third-order valence-corrected chi connectivity index (χ3v) is 4.76. The summed E-state index contributed by atoms with van der Waals surface area (Å²) in [5.41, 5.74) is 2.02. The van der Waals surface area contributed by atoms with E-state index in [-0.39, 0.29) is 0 Å². The van der Waals surface area contributed by atoms with Gasteiger partial charge < -0.3 is 9.73 Å². The molecule has 130 valence electrons. The van der Waals surface area contributed by atoms with E-state index in [9.17, 15) is 0 Å². The van der Waals surface area contributed by atoms with E-state index in [1.165, 1.54) is 21.5 Å². The molecule has 5 rings (SSSR count). The SMILES string of the molecule is Cc1ccc(-c2ccnc(Nc3ccc4cc5ccccc5cc4c3)c2)o1. The number of hydrogen-bond donors (Lipinski definition) is 1. The molecule has 3 heteroatoms. The highest BCUT2D eigenvalue weighted by atomic mass is 16.3. The number of benzene rings is 3. The number of aryl methyl sites for hydroxylation is 1. The van der Waals surface area contributed by atoms with Crippen molar-refractivity contribution in [2.45, 2.75) is 6.92 Å². The number of rotatable bonds is 3. The van der Waals surface area contributed by atoms with E-state index < -0.39 is 0 Å². The van der Waals surface area contributed by atoms with Gasteiger partial charge in [0, 0.05) is 17.4 Å². The molecule has 27 heavy (non-hydrogen) atoms. The second-order valence-electron chi connectivity index (χ2n) is 6.73. The van der Waals surface area contributed by atoms with E-state index in [1.807, 2.05) is 31.2 Å². The molecule has 0 aliphatic rings. The van der Waals surface area contributed by atoms with Gasteiger partial charge in [-0.05, 0) is 77.0 Å². The van der Waals surface area contributed by atoms with Gasteiger partial charge in [-0.2, -0.15) is 0 Å². The molecule has 0 spiro atoms. The lowest BCUT2D eigenvalue weighted by molar-refractivity contribution is 0.548. The standard InChI is InChI=1S/C24H18N2O/c1-16-6-9-23(27-16)20-10-11-25-24(15-20)26-22-8-7-19-12-17-4-2-3-5-18(17)13-21(19)14-22/h2-15H,1H3,(H,25,26). The second-order valence-corrected chi connectivity index (χ2v) is 6.73. The summed E-state index contributed by atoms with van der Waals surface area (Å²) in [6.45, 7) is 1.95. The van der Waals surface area contributed by atoms with E-state index >= 15 is 0 Å². The lowest BCUT2D eigenvalue weighted by Crippen LogP contribution is -1.93. The molecule has 5 aromatic rings. The number of nitrogens with one attached hydrogen (secondary N) is 1. The molecule has 0 saturated carbocycles. The predicted octanol–water partition coefficient (Wildman–Crippen LogP) is 6.70. The molecule has 0 bridgehead atoms. The molecule has 0 saturated heterocycles. The maximum atomic E-state index is 5.72. The zero-order valence-corrected chi connectivity index (χ0v) is 14.9. The topological polar surface area (TPSA) is 38.1 Å². The van der Waals surface area contributed by atoms with Crippen LogP contribution >= 0.6 is 0 Å². The molecule has 0 aliphatic heterocycles. The highest BCUT2D eigenvalue weighted by Crippen LogP contribution is 2.28. The van der Waals surface area contributed by atoms with Crippen molar-refractivity contribution in [2.24, 2.45) is 0 Å². The fourth-order valence-electron chi connectivity index (χ4n) is 3.41. The van der Waals surface area contributed by atoms with Crippen molar-refractivity contribution in [1.29, 1.82) is 0 Å². The van der Waals surface area contributed by atoms with Crippen LogP contribution in [0.4, 0.5) is 11.5 Å². The van der Waals surface area contributed by atoms with Crippen LogP contribution < -0.4 is 5.32 Å². The van der Waals surface area contributed by atoms with Gasteiger partial charge in [0.05, 0.1) is 0 Å². The minimum atomic E-state index is 0.793. The molecule has 0 amide bonds. The van der Waals surface area contributed by atoms with Crippen molar-refractivity contribution >= 4 is 33.1 Å². The number of anilines is 2. The van der Waals surface area contributed by atoms with Gasteiger partial charge in [-0.1, -0.05) is 30.3 Å². The first-order valence-electron chi connectivity index (χ1n) is 8.97. The monoisotopic (exact) mass is 350 g/mol. The summed E-state index contributed by atoms with van der Waals surface area (Å²) in [6.07, 6.45) is 1.80. The molecule has 0 fully saturated rings. The molecule has 3 aromatic carbocycles. The van der Waals surface area contributed by atoms with Crippen LogP contribution in [0.1, 0.15) is 5.76 Å². The molecule has 0 radical (unpaired) electrons. The van der Waals surface area contributed by atoms with Crippen molar-refractivity contribution in [1.82, 2.24) is 4.98 Å². The van der Waals surface area contributed by atoms with Gasteiger partial charge in [0.1, 0.15) is 17.3 Å². The summed E-state index contributed by atoms with van der Waals surface area (Å²) in [5.74, 6) is 2.54. The summed E-state index contributed by atoms with van der Waals surface area (Å²) in [4.78, 5) is 4.44. The van der Waals surface area contributed by atoms with Crippen LogP contribution in [-0.4, -0.2) is 4.98 Å². The summed E-state index contributed by atoms with van der Waals surface area (Å²) in [5, 5.41) is 8.35. The smallest absolute Gasteiger partial charge is 0.134 e. The average Bonchev–Trinajstić information content (AvgIpc) is 3.13. The van der Waals surface area contributed by atoms with Gasteiger partial charge in [0.25, 0.3) is 0 Å². The van der Waals surface area contributed by atoms with Crippen LogP contribution in [0.3, 0.4) is 0 Å². The van der Waals surface area contributed by atoms with E-state index in [4.69, 9.17) is 4.42 Å². The summed E-state index contributed by atoms with van der Waals surface area (Å²) < 4.78 is 5.72. The number of aromatic nitrogens is 1. The van der Waals surface area contributed by atoms with Gasteiger partial charge in [-0.15, -0.1) is 0 Å². The molecular weight excluding hydrogens is 332 g/mol. The van der Waals surface area contributed by atoms with Crippen LogP contribution in [-0.2, 0) is 0 Å². The van der Waals surface area contributed by atoms with E-state index in [0.717, 1.165) is 28.6 Å². The van der Waals surface area contributed by atoms with Crippen molar-refractivity contribution in [3.8, 4) is 11.3 Å². The van der Waals surface area contributed by atoms with Crippen molar-refractivity contribution < 1.29 is 4.42 Å². The fraction of sp³-hybridized carbons (Fsp3) is 0.0417. The molecule has 0 unspecified atom stereocenters. The van der Waals surface area contributed by atoms with E-state index in [2.05, 4.69) is 64.9 Å². The van der Waals surface area contributed by atoms with E-state index in [1.54, 1.807) is 6.20 Å². The van der Waals surface area contributed by atoms with Crippen molar-refractivity contribution in [3.63, 3.8) is 0 Å². The lowest BCUT2D eigenvalue weighted by Gasteiger charge is -2.09. The first kappa shape index (κ1) is 15.6. The Hall–Kier alpha value is -3.59. The molecule has 1 N–H and O–H groups in total. The number of furan rings is 1. The Morgan fingerprint density at radius 3 is 2.30 bits per heavy atom. The Bertz CT molecular complexity index is 1270. The zero-order valence-electron chi connectivity index (χ0n) is 14.9. The van der Waals surface area contributed by atoms with Crippen LogP contribution in [0.2, 0.25) is 0 Å². The van der Waals surface area contributed by atoms with Crippen molar-refractivity contribution in [2.75, 3.05) is 5.32 Å². The Labute approximate surface area is 157 Å². The minimum Gasteiger partial charge on any atom is -0.461 e. The Kier molecular flexibility index (Phi) is 3.65. The molecule has 2 heterocycles. The highest BCUT2D eigenvalue weighted by Gasteiger charge is 2.05. The summed E-state index contributed by atoms with van der Waals surface area (Å²) in [7, 11) is 0. The van der Waals surface area contributed by atoms with Crippen LogP contribution in [0, 0.1) is 6.92 Å². The van der Waals surface area contributed by atoms with Gasteiger partial charge in [0.2, 0.25) is 0 Å². The third-order valence-electron chi connectivity index (χ3n) is 4.76. The predicted molar refractivity (Wildman–Crippen MR) is 111 cm³/mol. The first-order valence-corrected chi connectivity index (χ1v) is 8.97. The van der Waals surface area contributed by atoms with Gasteiger partial charge in [-0.25, -0.2) is 4.98 Å². The Balaban J connectivity index is 1.50. The van der Waals surface area contributed by atoms with Gasteiger partial charge in [-0.3, -0.25) is 0 Å². The minimum absolute atomic E-state index is 0.793. The molecular formula is C24H18N2O. The lowest BCUT2D eigenvalue weighted by atomic mass is 10.0. The van der Waals surface area contributed by atoms with Crippen LogP contribution in [0.5, 0.6) is 0 Å². The molecule has 0 atom stereocenters. The normalized spacial score (nSPS) is 11.1. The number of fused-ring (bicyclic) bond motifs is 2. The van der Waals surface area contributed by atoms with Crippen LogP contribution in [0.25, 0.3) is 32.9 Å². The maximum Gasteiger partial charge on any atom is 0.134 e. The van der Waals surface area contributed by atoms with Gasteiger partial charge >= 0.3 is 0 Å². The summed E-state index contributed by atoms with van der Waals surface area (Å²) in [6, 6.07) is 27.2. The Morgan fingerprint density at radius 1 is 0.741 bits per heavy atom. The number of pyridine rings is 1. The number of hydrogen-bond acceptors (Lipinski definition) is 3. The zero-order chi connectivity index (χ0) is 18.2. The maximum absolute atomic E-state index is 5.72. The quantitative estimate of drug-likeness (QED) is 0.368. The number of nitrogens with zero attached hydrogens (tertiary/aromatic N) is 1. The largest absolute Gasteiger partial charge is 0.461 e. The Morgan fingerprint density at radius 2 is 1.52 bits per heavy atom. The molecule has 3 nitrogen and oxygen atoms in total. The third kappa shape index (κ3) is 3.04. The van der Waals surface area contributed by atoms with Gasteiger partial charge in [0.15, 0.2) is 0 Å². The van der Waals surface area contributed by atoms with Crippen molar-refractivity contribution in [3.05, 3.63) is 90.8 Å². The second kappa shape index (κ2) is 6.29. The molecule has 2 aromatic heterocycles. The first-order chi connectivity index (χ1) is 13.2. The van der Waals surface area contributed by atoms with Crippen LogP contribution in [0.15, 0.2) is 89.5 Å². The average molecular weight is 350 g/mol. The summed E-state index contributed by atoms with van der Waals surface area (Å²) >= 11 is 0.